The lowest BCUT2D eigenvalue weighted by molar-refractivity contribution is 0.477. The topological polar surface area (TPSA) is 59.0 Å². The molecule has 5 nitrogen and oxygen atoms in total. The molecule has 0 unspecified atom stereocenters. The number of rotatable bonds is 4. The number of anilines is 1. The third kappa shape index (κ3) is 3.17. The van der Waals surface area contributed by atoms with Crippen molar-refractivity contribution in [2.45, 2.75) is 38.3 Å². The maximum absolute atomic E-state index is 12.2. The number of nitrogens with zero attached hydrogens (tertiary/aromatic N) is 2. The maximum atomic E-state index is 12.2. The van der Waals surface area contributed by atoms with Gasteiger partial charge in [0.1, 0.15) is 4.47 Å². The average Bonchev–Trinajstić information content (AvgIpc) is 3.24. The molecule has 0 aromatic carbocycles. The van der Waals surface area contributed by atoms with E-state index in [1.807, 2.05) is 0 Å². The molecular formula is C13H19BrN4O. The van der Waals surface area contributed by atoms with Crippen LogP contribution in [0.5, 0.6) is 0 Å². The van der Waals surface area contributed by atoms with E-state index in [-0.39, 0.29) is 5.56 Å². The summed E-state index contributed by atoms with van der Waals surface area (Å²) in [4.78, 5) is 12.2. The Labute approximate surface area is 120 Å². The van der Waals surface area contributed by atoms with Crippen LogP contribution in [-0.2, 0) is 6.54 Å². The fourth-order valence-corrected chi connectivity index (χ4v) is 2.85. The van der Waals surface area contributed by atoms with E-state index < -0.39 is 0 Å². The van der Waals surface area contributed by atoms with Gasteiger partial charge in [-0.25, -0.2) is 4.68 Å². The molecular weight excluding hydrogens is 308 g/mol. The van der Waals surface area contributed by atoms with Crippen LogP contribution >= 0.6 is 15.9 Å². The highest BCUT2D eigenvalue weighted by molar-refractivity contribution is 9.10. The van der Waals surface area contributed by atoms with E-state index in [0.29, 0.717) is 16.4 Å². The fraction of sp³-hybridized carbons (Fsp3) is 0.692. The lowest BCUT2D eigenvalue weighted by Crippen LogP contribution is -2.36. The summed E-state index contributed by atoms with van der Waals surface area (Å²) in [6, 6.07) is 0.429. The summed E-state index contributed by atoms with van der Waals surface area (Å²) in [6.07, 6.45) is 6.38. The molecule has 1 aromatic heterocycles. The second kappa shape index (κ2) is 5.63. The van der Waals surface area contributed by atoms with E-state index in [4.69, 9.17) is 0 Å². The van der Waals surface area contributed by atoms with E-state index >= 15 is 0 Å². The normalized spacial score (nSPS) is 20.5. The van der Waals surface area contributed by atoms with Crippen molar-refractivity contribution in [3.8, 4) is 0 Å². The third-order valence-corrected chi connectivity index (χ3v) is 4.58. The minimum absolute atomic E-state index is 0.0224. The summed E-state index contributed by atoms with van der Waals surface area (Å²) in [6.45, 7) is 2.81. The maximum Gasteiger partial charge on any atom is 0.283 e. The van der Waals surface area contributed by atoms with Gasteiger partial charge in [0.15, 0.2) is 0 Å². The van der Waals surface area contributed by atoms with Crippen molar-refractivity contribution >= 4 is 21.6 Å². The first-order valence-corrected chi connectivity index (χ1v) is 7.76. The molecule has 3 rings (SSSR count). The fourth-order valence-electron chi connectivity index (χ4n) is 2.43. The number of piperidine rings is 1. The molecule has 1 aliphatic carbocycles. The third-order valence-electron chi connectivity index (χ3n) is 3.81. The quantitative estimate of drug-likeness (QED) is 0.882. The SMILES string of the molecule is O=c1c(Br)c(NC2CCNCC2)cnn1CC1CC1. The molecule has 1 saturated carbocycles. The summed E-state index contributed by atoms with van der Waals surface area (Å²) in [5, 5.41) is 11.0. The highest BCUT2D eigenvalue weighted by Crippen LogP contribution is 2.30. The van der Waals surface area contributed by atoms with Crippen molar-refractivity contribution in [1.29, 1.82) is 0 Å². The lowest BCUT2D eigenvalue weighted by atomic mass is 10.1. The Bertz CT molecular complexity index is 506. The molecule has 2 N–H and O–H groups in total. The van der Waals surface area contributed by atoms with Crippen molar-refractivity contribution in [3.63, 3.8) is 0 Å². The highest BCUT2D eigenvalue weighted by Gasteiger charge is 2.23. The molecule has 1 aromatic rings. The second-order valence-electron chi connectivity index (χ2n) is 5.47. The minimum Gasteiger partial charge on any atom is -0.380 e. The van der Waals surface area contributed by atoms with Crippen molar-refractivity contribution < 1.29 is 0 Å². The van der Waals surface area contributed by atoms with Crippen molar-refractivity contribution in [2.24, 2.45) is 5.92 Å². The van der Waals surface area contributed by atoms with Gasteiger partial charge in [-0.1, -0.05) is 0 Å². The van der Waals surface area contributed by atoms with E-state index in [1.165, 1.54) is 12.8 Å². The Balaban J connectivity index is 1.74. The monoisotopic (exact) mass is 326 g/mol. The van der Waals surface area contributed by atoms with Gasteiger partial charge in [-0.2, -0.15) is 5.10 Å². The molecule has 1 aliphatic heterocycles. The first kappa shape index (κ1) is 13.1. The number of nitrogens with one attached hydrogen (secondary N) is 2. The van der Waals surface area contributed by atoms with E-state index in [9.17, 15) is 4.79 Å². The van der Waals surface area contributed by atoms with E-state index in [0.717, 1.165) is 38.2 Å². The Kier molecular flexibility index (Phi) is 3.88. The van der Waals surface area contributed by atoms with Gasteiger partial charge in [0, 0.05) is 12.6 Å². The molecule has 0 amide bonds. The molecule has 0 spiro atoms. The van der Waals surface area contributed by atoms with Gasteiger partial charge in [0.25, 0.3) is 5.56 Å². The number of aromatic nitrogens is 2. The molecule has 2 heterocycles. The van der Waals surface area contributed by atoms with Gasteiger partial charge in [-0.15, -0.1) is 0 Å². The van der Waals surface area contributed by atoms with Crippen molar-refractivity contribution in [2.75, 3.05) is 18.4 Å². The Hall–Kier alpha value is -0.880. The summed E-state index contributed by atoms with van der Waals surface area (Å²) in [5.41, 5.74) is 0.801. The number of hydrogen-bond donors (Lipinski definition) is 2. The predicted molar refractivity (Wildman–Crippen MR) is 78.4 cm³/mol. The van der Waals surface area contributed by atoms with E-state index in [1.54, 1.807) is 10.9 Å². The van der Waals surface area contributed by atoms with Crippen LogP contribution in [0.15, 0.2) is 15.5 Å². The molecule has 2 fully saturated rings. The largest absolute Gasteiger partial charge is 0.380 e. The molecule has 0 bridgehead atoms. The Morgan fingerprint density at radius 2 is 2.11 bits per heavy atom. The summed E-state index contributed by atoms with van der Waals surface area (Å²) in [7, 11) is 0. The molecule has 19 heavy (non-hydrogen) atoms. The standard InChI is InChI=1S/C13H19BrN4O/c14-12-11(17-10-3-5-15-6-4-10)7-16-18(13(12)19)8-9-1-2-9/h7,9-10,15,17H,1-6,8H2. The average molecular weight is 327 g/mol. The van der Waals surface area contributed by atoms with Gasteiger partial charge in [0.2, 0.25) is 0 Å². The van der Waals surface area contributed by atoms with E-state index in [2.05, 4.69) is 31.7 Å². The zero-order valence-corrected chi connectivity index (χ0v) is 12.4. The summed E-state index contributed by atoms with van der Waals surface area (Å²) >= 11 is 3.42. The van der Waals surface area contributed by atoms with Crippen LogP contribution in [0, 0.1) is 5.92 Å². The van der Waals surface area contributed by atoms with Crippen LogP contribution in [0.1, 0.15) is 25.7 Å². The number of halogens is 1. The summed E-state index contributed by atoms with van der Waals surface area (Å²) < 4.78 is 2.19. The van der Waals surface area contributed by atoms with Gasteiger partial charge >= 0.3 is 0 Å². The molecule has 2 aliphatic rings. The van der Waals surface area contributed by atoms with Crippen LogP contribution in [0.25, 0.3) is 0 Å². The second-order valence-corrected chi connectivity index (χ2v) is 6.26. The van der Waals surface area contributed by atoms with Gasteiger partial charge in [-0.05, 0) is 60.6 Å². The zero-order chi connectivity index (χ0) is 13.2. The van der Waals surface area contributed by atoms with Crippen LogP contribution in [0.2, 0.25) is 0 Å². The smallest absolute Gasteiger partial charge is 0.283 e. The molecule has 0 atom stereocenters. The molecule has 104 valence electrons. The molecule has 6 heteroatoms. The van der Waals surface area contributed by atoms with Crippen molar-refractivity contribution in [1.82, 2.24) is 15.1 Å². The Morgan fingerprint density at radius 3 is 2.79 bits per heavy atom. The van der Waals surface area contributed by atoms with Gasteiger partial charge in [0.05, 0.1) is 11.9 Å². The van der Waals surface area contributed by atoms with Crippen LogP contribution in [-0.4, -0.2) is 28.9 Å². The highest BCUT2D eigenvalue weighted by atomic mass is 79.9. The number of hydrogen-bond acceptors (Lipinski definition) is 4. The van der Waals surface area contributed by atoms with Crippen LogP contribution in [0.3, 0.4) is 0 Å². The first-order chi connectivity index (χ1) is 9.24. The lowest BCUT2D eigenvalue weighted by Gasteiger charge is -2.25. The Morgan fingerprint density at radius 1 is 1.37 bits per heavy atom. The van der Waals surface area contributed by atoms with Crippen LogP contribution < -0.4 is 16.2 Å². The van der Waals surface area contributed by atoms with Crippen LogP contribution in [0.4, 0.5) is 5.69 Å². The molecule has 1 saturated heterocycles. The van der Waals surface area contributed by atoms with Gasteiger partial charge in [-0.3, -0.25) is 4.79 Å². The minimum atomic E-state index is -0.0224. The van der Waals surface area contributed by atoms with Gasteiger partial charge < -0.3 is 10.6 Å². The predicted octanol–water partition coefficient (Wildman–Crippen LogP) is 1.58. The first-order valence-electron chi connectivity index (χ1n) is 6.97. The summed E-state index contributed by atoms with van der Waals surface area (Å²) in [5.74, 6) is 0.653. The van der Waals surface area contributed by atoms with Crippen molar-refractivity contribution in [3.05, 3.63) is 21.0 Å². The zero-order valence-electron chi connectivity index (χ0n) is 10.9. The molecule has 0 radical (unpaired) electrons.